The number of aliphatic hydroxyl groups is 1. The number of carbonyl (C=O) groups is 1. The average molecular weight is 268 g/mol. The number of nitrogens with one attached hydrogen (secondary N) is 1. The minimum absolute atomic E-state index is 0.0728. The standard InChI is InChI=1S/C14H18ClNO2/c1-9-12(3-2-4-13(9)15)14(18)16-10-5-7-11(17)8-6-10/h2-4,10-11,17H,5-8H2,1H3,(H,16,18). The molecule has 1 saturated carbocycles. The first-order chi connectivity index (χ1) is 8.58. The van der Waals surface area contributed by atoms with Crippen molar-refractivity contribution in [1.29, 1.82) is 0 Å². The van der Waals surface area contributed by atoms with Gasteiger partial charge in [0.2, 0.25) is 0 Å². The monoisotopic (exact) mass is 267 g/mol. The van der Waals surface area contributed by atoms with Crippen molar-refractivity contribution in [2.75, 3.05) is 0 Å². The van der Waals surface area contributed by atoms with Gasteiger partial charge in [-0.05, 0) is 50.3 Å². The van der Waals surface area contributed by atoms with E-state index in [-0.39, 0.29) is 18.1 Å². The molecule has 1 amide bonds. The number of rotatable bonds is 2. The molecule has 0 saturated heterocycles. The fourth-order valence-corrected chi connectivity index (χ4v) is 2.51. The summed E-state index contributed by atoms with van der Waals surface area (Å²) in [4.78, 5) is 12.1. The lowest BCUT2D eigenvalue weighted by Crippen LogP contribution is -2.38. The van der Waals surface area contributed by atoms with Crippen LogP contribution in [0.15, 0.2) is 18.2 Å². The molecule has 0 aliphatic heterocycles. The normalized spacial score (nSPS) is 23.7. The molecule has 1 aromatic carbocycles. The number of hydrogen-bond acceptors (Lipinski definition) is 2. The van der Waals surface area contributed by atoms with Gasteiger partial charge in [-0.15, -0.1) is 0 Å². The highest BCUT2D eigenvalue weighted by molar-refractivity contribution is 6.31. The first-order valence-corrected chi connectivity index (χ1v) is 6.69. The molecule has 98 valence electrons. The highest BCUT2D eigenvalue weighted by Crippen LogP contribution is 2.21. The molecular weight excluding hydrogens is 250 g/mol. The molecule has 1 aromatic rings. The van der Waals surface area contributed by atoms with Gasteiger partial charge in [0.1, 0.15) is 0 Å². The van der Waals surface area contributed by atoms with Crippen LogP contribution in [-0.2, 0) is 0 Å². The van der Waals surface area contributed by atoms with E-state index in [1.165, 1.54) is 0 Å². The number of carbonyl (C=O) groups excluding carboxylic acids is 1. The quantitative estimate of drug-likeness (QED) is 0.866. The van der Waals surface area contributed by atoms with Crippen molar-refractivity contribution in [2.45, 2.75) is 44.8 Å². The van der Waals surface area contributed by atoms with E-state index in [1.54, 1.807) is 18.2 Å². The summed E-state index contributed by atoms with van der Waals surface area (Å²) >= 11 is 6.01. The predicted octanol–water partition coefficient (Wildman–Crippen LogP) is 2.68. The van der Waals surface area contributed by atoms with E-state index < -0.39 is 0 Å². The highest BCUT2D eigenvalue weighted by Gasteiger charge is 2.21. The maximum Gasteiger partial charge on any atom is 0.251 e. The Bertz CT molecular complexity index is 439. The van der Waals surface area contributed by atoms with Crippen LogP contribution in [0.3, 0.4) is 0 Å². The Hall–Kier alpha value is -1.06. The summed E-state index contributed by atoms with van der Waals surface area (Å²) in [7, 11) is 0. The molecule has 0 bridgehead atoms. The second kappa shape index (κ2) is 5.72. The van der Waals surface area contributed by atoms with Gasteiger partial charge in [-0.1, -0.05) is 17.7 Å². The van der Waals surface area contributed by atoms with Crippen LogP contribution in [0.5, 0.6) is 0 Å². The van der Waals surface area contributed by atoms with E-state index in [4.69, 9.17) is 11.6 Å². The summed E-state index contributed by atoms with van der Waals surface area (Å²) in [5, 5.41) is 13.1. The Morgan fingerprint density at radius 2 is 2.00 bits per heavy atom. The summed E-state index contributed by atoms with van der Waals surface area (Å²) in [6.45, 7) is 1.85. The lowest BCUT2D eigenvalue weighted by atomic mass is 9.93. The van der Waals surface area contributed by atoms with E-state index in [0.717, 1.165) is 31.2 Å². The van der Waals surface area contributed by atoms with Crippen molar-refractivity contribution in [3.8, 4) is 0 Å². The van der Waals surface area contributed by atoms with Gasteiger partial charge < -0.3 is 10.4 Å². The Morgan fingerprint density at radius 1 is 1.33 bits per heavy atom. The molecule has 2 rings (SSSR count). The topological polar surface area (TPSA) is 49.3 Å². The van der Waals surface area contributed by atoms with Crippen LogP contribution in [0.2, 0.25) is 5.02 Å². The Kier molecular flexibility index (Phi) is 4.25. The maximum absolute atomic E-state index is 12.1. The molecule has 0 aromatic heterocycles. The molecule has 2 N–H and O–H groups in total. The molecule has 1 fully saturated rings. The average Bonchev–Trinajstić information content (AvgIpc) is 2.35. The van der Waals surface area contributed by atoms with Crippen LogP contribution in [0.25, 0.3) is 0 Å². The molecule has 1 aliphatic rings. The SMILES string of the molecule is Cc1c(Cl)cccc1C(=O)NC1CCC(O)CC1. The first kappa shape index (κ1) is 13.4. The van der Waals surface area contributed by atoms with Gasteiger partial charge in [-0.2, -0.15) is 0 Å². The van der Waals surface area contributed by atoms with Crippen molar-refractivity contribution >= 4 is 17.5 Å². The van der Waals surface area contributed by atoms with E-state index in [0.29, 0.717) is 10.6 Å². The lowest BCUT2D eigenvalue weighted by Gasteiger charge is -2.26. The molecule has 0 unspecified atom stereocenters. The third-order valence-electron chi connectivity index (χ3n) is 3.54. The fraction of sp³-hybridized carbons (Fsp3) is 0.500. The van der Waals surface area contributed by atoms with Crippen molar-refractivity contribution in [1.82, 2.24) is 5.32 Å². The van der Waals surface area contributed by atoms with Gasteiger partial charge in [0.15, 0.2) is 0 Å². The Balaban J connectivity index is 2.01. The van der Waals surface area contributed by atoms with Gasteiger partial charge in [0.05, 0.1) is 6.10 Å². The second-order valence-electron chi connectivity index (χ2n) is 4.89. The van der Waals surface area contributed by atoms with Crippen molar-refractivity contribution < 1.29 is 9.90 Å². The lowest BCUT2D eigenvalue weighted by molar-refractivity contribution is 0.0867. The minimum atomic E-state index is -0.203. The van der Waals surface area contributed by atoms with Crippen molar-refractivity contribution in [2.24, 2.45) is 0 Å². The molecular formula is C14H18ClNO2. The molecule has 0 heterocycles. The number of hydrogen-bond donors (Lipinski definition) is 2. The minimum Gasteiger partial charge on any atom is -0.393 e. The Labute approximate surface area is 112 Å². The number of halogens is 1. The number of amides is 1. The number of aliphatic hydroxyl groups excluding tert-OH is 1. The predicted molar refractivity (Wildman–Crippen MR) is 71.9 cm³/mol. The third-order valence-corrected chi connectivity index (χ3v) is 3.95. The summed E-state index contributed by atoms with van der Waals surface area (Å²) in [5.74, 6) is -0.0728. The summed E-state index contributed by atoms with van der Waals surface area (Å²) in [6, 6.07) is 5.52. The fourth-order valence-electron chi connectivity index (χ4n) is 2.34. The first-order valence-electron chi connectivity index (χ1n) is 6.32. The summed E-state index contributed by atoms with van der Waals surface area (Å²) in [6.07, 6.45) is 3.00. The van der Waals surface area contributed by atoms with E-state index in [2.05, 4.69) is 5.32 Å². The number of benzene rings is 1. The molecule has 4 heteroatoms. The largest absolute Gasteiger partial charge is 0.393 e. The van der Waals surface area contributed by atoms with E-state index >= 15 is 0 Å². The van der Waals surface area contributed by atoms with Crippen LogP contribution in [0.1, 0.15) is 41.6 Å². The third kappa shape index (κ3) is 3.03. The van der Waals surface area contributed by atoms with Crippen LogP contribution in [0, 0.1) is 6.92 Å². The summed E-state index contributed by atoms with van der Waals surface area (Å²) in [5.41, 5.74) is 1.45. The molecule has 0 spiro atoms. The van der Waals surface area contributed by atoms with E-state index in [9.17, 15) is 9.90 Å². The van der Waals surface area contributed by atoms with E-state index in [1.807, 2.05) is 6.92 Å². The smallest absolute Gasteiger partial charge is 0.251 e. The zero-order chi connectivity index (χ0) is 13.1. The van der Waals surface area contributed by atoms with Crippen molar-refractivity contribution in [3.05, 3.63) is 34.3 Å². The molecule has 18 heavy (non-hydrogen) atoms. The molecule has 3 nitrogen and oxygen atoms in total. The maximum atomic E-state index is 12.1. The van der Waals surface area contributed by atoms with Gasteiger partial charge in [-0.25, -0.2) is 0 Å². The zero-order valence-electron chi connectivity index (χ0n) is 10.4. The summed E-state index contributed by atoms with van der Waals surface area (Å²) < 4.78 is 0. The van der Waals surface area contributed by atoms with Gasteiger partial charge in [0, 0.05) is 16.6 Å². The van der Waals surface area contributed by atoms with Crippen LogP contribution in [-0.4, -0.2) is 23.2 Å². The van der Waals surface area contributed by atoms with Crippen LogP contribution in [0.4, 0.5) is 0 Å². The van der Waals surface area contributed by atoms with Gasteiger partial charge >= 0.3 is 0 Å². The Morgan fingerprint density at radius 3 is 2.67 bits per heavy atom. The van der Waals surface area contributed by atoms with Gasteiger partial charge in [-0.3, -0.25) is 4.79 Å². The zero-order valence-corrected chi connectivity index (χ0v) is 11.2. The van der Waals surface area contributed by atoms with Gasteiger partial charge in [0.25, 0.3) is 5.91 Å². The molecule has 0 radical (unpaired) electrons. The van der Waals surface area contributed by atoms with Crippen molar-refractivity contribution in [3.63, 3.8) is 0 Å². The second-order valence-corrected chi connectivity index (χ2v) is 5.30. The molecule has 1 aliphatic carbocycles. The van der Waals surface area contributed by atoms with Crippen LogP contribution >= 0.6 is 11.6 Å². The highest BCUT2D eigenvalue weighted by atomic mass is 35.5. The van der Waals surface area contributed by atoms with Crippen LogP contribution < -0.4 is 5.32 Å². The molecule has 0 atom stereocenters.